The molecule has 0 bridgehead atoms. The van der Waals surface area contributed by atoms with Gasteiger partial charge in [-0.05, 0) is 24.3 Å². The van der Waals surface area contributed by atoms with Crippen LogP contribution in [-0.2, 0) is 0 Å². The largest absolute Gasteiger partial charge is 0.396 e. The predicted octanol–water partition coefficient (Wildman–Crippen LogP) is 2.55. The van der Waals surface area contributed by atoms with Gasteiger partial charge < -0.3 is 16.8 Å². The summed E-state index contributed by atoms with van der Waals surface area (Å²) in [4.78, 5) is 14.8. The third-order valence-electron chi connectivity index (χ3n) is 2.43. The monoisotopic (exact) mass is 342 g/mol. The highest BCUT2D eigenvalue weighted by molar-refractivity contribution is 9.10. The van der Waals surface area contributed by atoms with Crippen LogP contribution in [0.1, 0.15) is 10.5 Å². The number of nitrogens with one attached hydrogen (secondary N) is 1. The van der Waals surface area contributed by atoms with E-state index in [-0.39, 0.29) is 21.7 Å². The molecule has 0 saturated heterocycles. The molecule has 0 spiro atoms. The van der Waals surface area contributed by atoms with Crippen LogP contribution in [-0.4, -0.2) is 10.9 Å². The Bertz CT molecular complexity index is 670. The van der Waals surface area contributed by atoms with Gasteiger partial charge in [0, 0.05) is 4.47 Å². The van der Waals surface area contributed by atoms with E-state index >= 15 is 0 Å². The molecule has 1 amide bonds. The van der Waals surface area contributed by atoms with Crippen LogP contribution in [0.15, 0.2) is 28.7 Å². The summed E-state index contributed by atoms with van der Waals surface area (Å²) in [6.07, 6.45) is 0. The fourth-order valence-electron chi connectivity index (χ4n) is 1.49. The summed E-state index contributed by atoms with van der Waals surface area (Å²) in [7, 11) is 0. The number of nitrogen functional groups attached to an aromatic ring is 1. The standard InChI is InChI=1S/C12H9BrF2N4O/c13-5-3-6(14)10(7(15)4-5)19-12-8(16)1-2-9(18-12)11(17)20/h1-4H,16H2,(H2,17,20)(H,18,19). The maximum absolute atomic E-state index is 13.7. The number of pyridine rings is 1. The zero-order chi connectivity index (χ0) is 14.9. The maximum atomic E-state index is 13.7. The molecule has 1 aromatic carbocycles. The molecule has 5 N–H and O–H groups in total. The van der Waals surface area contributed by atoms with Crippen molar-refractivity contribution in [3.05, 3.63) is 46.1 Å². The van der Waals surface area contributed by atoms with Gasteiger partial charge in [0.05, 0.1) is 5.69 Å². The number of carbonyl (C=O) groups excluding carboxylic acids is 1. The first kappa shape index (κ1) is 14.2. The fourth-order valence-corrected chi connectivity index (χ4v) is 1.89. The minimum atomic E-state index is -0.831. The highest BCUT2D eigenvalue weighted by Gasteiger charge is 2.14. The maximum Gasteiger partial charge on any atom is 0.267 e. The van der Waals surface area contributed by atoms with E-state index in [9.17, 15) is 13.6 Å². The molecule has 104 valence electrons. The van der Waals surface area contributed by atoms with Gasteiger partial charge in [0.15, 0.2) is 17.5 Å². The molecule has 0 unspecified atom stereocenters. The second-order valence-corrected chi connectivity index (χ2v) is 4.78. The number of primary amides is 1. The molecule has 0 atom stereocenters. The van der Waals surface area contributed by atoms with Crippen molar-refractivity contribution in [3.63, 3.8) is 0 Å². The highest BCUT2D eigenvalue weighted by atomic mass is 79.9. The number of amides is 1. The van der Waals surface area contributed by atoms with Gasteiger partial charge >= 0.3 is 0 Å². The molecule has 0 saturated carbocycles. The Morgan fingerprint density at radius 1 is 1.25 bits per heavy atom. The van der Waals surface area contributed by atoms with E-state index in [1.54, 1.807) is 0 Å². The van der Waals surface area contributed by atoms with E-state index in [1.807, 2.05) is 0 Å². The number of carbonyl (C=O) groups is 1. The van der Waals surface area contributed by atoms with Crippen molar-refractivity contribution < 1.29 is 13.6 Å². The Morgan fingerprint density at radius 3 is 2.40 bits per heavy atom. The van der Waals surface area contributed by atoms with E-state index < -0.39 is 23.2 Å². The second kappa shape index (κ2) is 5.41. The number of hydrogen-bond donors (Lipinski definition) is 3. The van der Waals surface area contributed by atoms with Crippen molar-refractivity contribution in [1.82, 2.24) is 4.98 Å². The summed E-state index contributed by atoms with van der Waals surface area (Å²) < 4.78 is 27.6. The minimum Gasteiger partial charge on any atom is -0.396 e. The van der Waals surface area contributed by atoms with Crippen LogP contribution in [0.3, 0.4) is 0 Å². The topological polar surface area (TPSA) is 94.0 Å². The number of anilines is 3. The quantitative estimate of drug-likeness (QED) is 0.798. The number of halogens is 3. The Balaban J connectivity index is 2.45. The number of nitrogens with two attached hydrogens (primary N) is 2. The van der Waals surface area contributed by atoms with E-state index in [4.69, 9.17) is 11.5 Å². The van der Waals surface area contributed by atoms with Crippen molar-refractivity contribution >= 4 is 39.0 Å². The number of hydrogen-bond acceptors (Lipinski definition) is 4. The fraction of sp³-hybridized carbons (Fsp3) is 0. The van der Waals surface area contributed by atoms with Gasteiger partial charge in [-0.2, -0.15) is 0 Å². The Hall–Kier alpha value is -2.22. The second-order valence-electron chi connectivity index (χ2n) is 3.87. The van der Waals surface area contributed by atoms with E-state index in [0.717, 1.165) is 12.1 Å². The Morgan fingerprint density at radius 2 is 1.85 bits per heavy atom. The lowest BCUT2D eigenvalue weighted by Crippen LogP contribution is -2.14. The van der Waals surface area contributed by atoms with Gasteiger partial charge in [-0.25, -0.2) is 13.8 Å². The molecule has 0 fully saturated rings. The van der Waals surface area contributed by atoms with Crippen LogP contribution in [0.2, 0.25) is 0 Å². The van der Waals surface area contributed by atoms with Crippen molar-refractivity contribution in [2.45, 2.75) is 0 Å². The lowest BCUT2D eigenvalue weighted by atomic mass is 10.2. The molecule has 2 aromatic rings. The van der Waals surface area contributed by atoms with Crippen LogP contribution < -0.4 is 16.8 Å². The van der Waals surface area contributed by atoms with Crippen LogP contribution >= 0.6 is 15.9 Å². The lowest BCUT2D eigenvalue weighted by molar-refractivity contribution is 0.0996. The Kier molecular flexibility index (Phi) is 3.84. The molecule has 1 aromatic heterocycles. The number of rotatable bonds is 3. The molecule has 2 rings (SSSR count). The summed E-state index contributed by atoms with van der Waals surface area (Å²) in [5.41, 5.74) is 10.3. The highest BCUT2D eigenvalue weighted by Crippen LogP contribution is 2.28. The van der Waals surface area contributed by atoms with E-state index in [1.165, 1.54) is 12.1 Å². The summed E-state index contributed by atoms with van der Waals surface area (Å²) in [6.45, 7) is 0. The van der Waals surface area contributed by atoms with Gasteiger partial charge in [-0.1, -0.05) is 15.9 Å². The van der Waals surface area contributed by atoms with Crippen molar-refractivity contribution in [3.8, 4) is 0 Å². The van der Waals surface area contributed by atoms with Crippen LogP contribution in [0.25, 0.3) is 0 Å². The molecule has 8 heteroatoms. The summed E-state index contributed by atoms with van der Waals surface area (Å²) in [5, 5.41) is 2.42. The first-order valence-corrected chi connectivity index (χ1v) is 6.15. The average Bonchev–Trinajstić information content (AvgIpc) is 2.35. The van der Waals surface area contributed by atoms with Crippen molar-refractivity contribution in [2.24, 2.45) is 5.73 Å². The number of nitrogens with zero attached hydrogens (tertiary/aromatic N) is 1. The lowest BCUT2D eigenvalue weighted by Gasteiger charge is -2.11. The normalized spacial score (nSPS) is 10.3. The summed E-state index contributed by atoms with van der Waals surface area (Å²) in [6, 6.07) is 4.85. The minimum absolute atomic E-state index is 0.0542. The predicted molar refractivity (Wildman–Crippen MR) is 74.5 cm³/mol. The number of aromatic nitrogens is 1. The first-order valence-electron chi connectivity index (χ1n) is 5.36. The van der Waals surface area contributed by atoms with Crippen molar-refractivity contribution in [1.29, 1.82) is 0 Å². The van der Waals surface area contributed by atoms with E-state index in [2.05, 4.69) is 26.2 Å². The van der Waals surface area contributed by atoms with Gasteiger partial charge in [0.1, 0.15) is 11.4 Å². The van der Waals surface area contributed by atoms with Crippen molar-refractivity contribution in [2.75, 3.05) is 11.1 Å². The smallest absolute Gasteiger partial charge is 0.267 e. The Labute approximate surface area is 121 Å². The first-order chi connectivity index (χ1) is 9.38. The zero-order valence-electron chi connectivity index (χ0n) is 9.95. The third kappa shape index (κ3) is 2.85. The van der Waals surface area contributed by atoms with Crippen LogP contribution in [0.4, 0.5) is 26.0 Å². The molecule has 0 aliphatic heterocycles. The van der Waals surface area contributed by atoms with E-state index in [0.29, 0.717) is 0 Å². The third-order valence-corrected chi connectivity index (χ3v) is 2.89. The zero-order valence-corrected chi connectivity index (χ0v) is 11.5. The SMILES string of the molecule is NC(=O)c1ccc(N)c(Nc2c(F)cc(Br)cc2F)n1. The van der Waals surface area contributed by atoms with Gasteiger partial charge in [-0.15, -0.1) is 0 Å². The molecular weight excluding hydrogens is 334 g/mol. The van der Waals surface area contributed by atoms with Gasteiger partial charge in [-0.3, -0.25) is 4.79 Å². The molecule has 5 nitrogen and oxygen atoms in total. The molecule has 0 aliphatic rings. The number of benzene rings is 1. The van der Waals surface area contributed by atoms with Gasteiger partial charge in [0.25, 0.3) is 5.91 Å². The molecule has 0 aliphatic carbocycles. The van der Waals surface area contributed by atoms with Crippen LogP contribution in [0.5, 0.6) is 0 Å². The summed E-state index contributed by atoms with van der Waals surface area (Å²) in [5.74, 6) is -2.49. The average molecular weight is 343 g/mol. The van der Waals surface area contributed by atoms with Gasteiger partial charge in [0.2, 0.25) is 0 Å². The summed E-state index contributed by atoms with van der Waals surface area (Å²) >= 11 is 2.97. The van der Waals surface area contributed by atoms with Crippen LogP contribution in [0, 0.1) is 11.6 Å². The molecule has 1 heterocycles. The molecule has 20 heavy (non-hydrogen) atoms. The molecular formula is C12H9BrF2N4O. The molecule has 0 radical (unpaired) electrons.